The zero-order chi connectivity index (χ0) is 20.4. The molecule has 1 aliphatic heterocycles. The quantitative estimate of drug-likeness (QED) is 0.686. The SMILES string of the molecule is COc1cc(C2=NS(=O)(=O)c3ccccc3N2)ccc1OCc1ccc(C)cc1. The Labute approximate surface area is 169 Å². The number of hydrogen-bond donors (Lipinski definition) is 1. The zero-order valence-corrected chi connectivity index (χ0v) is 16.9. The Balaban J connectivity index is 1.60. The Bertz CT molecular complexity index is 1190. The van der Waals surface area contributed by atoms with Crippen LogP contribution in [0, 0.1) is 6.92 Å². The number of fused-ring (bicyclic) bond motifs is 1. The van der Waals surface area contributed by atoms with Crippen molar-refractivity contribution in [3.63, 3.8) is 0 Å². The Morgan fingerprint density at radius 1 is 0.966 bits per heavy atom. The number of sulfonamides is 1. The lowest BCUT2D eigenvalue weighted by atomic mass is 10.1. The Morgan fingerprint density at radius 2 is 1.72 bits per heavy atom. The summed E-state index contributed by atoms with van der Waals surface area (Å²) in [6, 6.07) is 20.0. The fourth-order valence-electron chi connectivity index (χ4n) is 3.02. The molecule has 0 unspecified atom stereocenters. The summed E-state index contributed by atoms with van der Waals surface area (Å²) in [5.41, 5.74) is 3.31. The maximum absolute atomic E-state index is 12.5. The number of rotatable bonds is 5. The third kappa shape index (κ3) is 3.95. The Morgan fingerprint density at radius 3 is 2.48 bits per heavy atom. The third-order valence-electron chi connectivity index (χ3n) is 4.58. The van der Waals surface area contributed by atoms with Crippen molar-refractivity contribution < 1.29 is 17.9 Å². The summed E-state index contributed by atoms with van der Waals surface area (Å²) >= 11 is 0. The summed E-state index contributed by atoms with van der Waals surface area (Å²) in [5.74, 6) is 1.30. The second-order valence-corrected chi connectivity index (χ2v) is 8.25. The zero-order valence-electron chi connectivity index (χ0n) is 16.0. The van der Waals surface area contributed by atoms with Gasteiger partial charge in [0.1, 0.15) is 11.5 Å². The minimum absolute atomic E-state index is 0.161. The van der Waals surface area contributed by atoms with Crippen molar-refractivity contribution in [1.82, 2.24) is 0 Å². The van der Waals surface area contributed by atoms with Gasteiger partial charge in [0.15, 0.2) is 17.3 Å². The highest BCUT2D eigenvalue weighted by atomic mass is 32.2. The van der Waals surface area contributed by atoms with Crippen LogP contribution in [0.4, 0.5) is 5.69 Å². The summed E-state index contributed by atoms with van der Waals surface area (Å²) in [4.78, 5) is 0.161. The molecule has 0 atom stereocenters. The van der Waals surface area contributed by atoms with Crippen LogP contribution in [0.3, 0.4) is 0 Å². The number of amidine groups is 1. The molecule has 7 heteroatoms. The molecule has 3 aromatic carbocycles. The van der Waals surface area contributed by atoms with Gasteiger partial charge in [-0.25, -0.2) is 0 Å². The molecule has 1 N–H and O–H groups in total. The van der Waals surface area contributed by atoms with Crippen LogP contribution in [0.25, 0.3) is 0 Å². The standard InChI is InChI=1S/C22H20N2O4S/c1-15-7-9-16(10-8-15)14-28-19-12-11-17(13-20(19)27-2)22-23-18-5-3-4-6-21(18)29(25,26)24-22/h3-13H,14H2,1-2H3,(H,23,24). The lowest BCUT2D eigenvalue weighted by Gasteiger charge is -2.19. The van der Waals surface area contributed by atoms with Gasteiger partial charge in [0.25, 0.3) is 10.0 Å². The number of anilines is 1. The highest BCUT2D eigenvalue weighted by Crippen LogP contribution is 2.32. The highest BCUT2D eigenvalue weighted by molar-refractivity contribution is 7.90. The van der Waals surface area contributed by atoms with Crippen LogP contribution >= 0.6 is 0 Å². The molecule has 4 rings (SSSR count). The van der Waals surface area contributed by atoms with E-state index in [1.54, 1.807) is 43.5 Å². The van der Waals surface area contributed by atoms with Gasteiger partial charge in [-0.15, -0.1) is 4.40 Å². The molecule has 0 bridgehead atoms. The van der Waals surface area contributed by atoms with Crippen molar-refractivity contribution in [3.05, 3.63) is 83.4 Å². The van der Waals surface area contributed by atoms with E-state index in [1.165, 1.54) is 11.6 Å². The van der Waals surface area contributed by atoms with E-state index in [4.69, 9.17) is 9.47 Å². The number of para-hydroxylation sites is 1. The molecule has 29 heavy (non-hydrogen) atoms. The van der Waals surface area contributed by atoms with Gasteiger partial charge in [0.2, 0.25) is 0 Å². The van der Waals surface area contributed by atoms with Crippen molar-refractivity contribution in [2.45, 2.75) is 18.4 Å². The first-order chi connectivity index (χ1) is 14.0. The van der Waals surface area contributed by atoms with Gasteiger partial charge in [0, 0.05) is 5.56 Å². The van der Waals surface area contributed by atoms with E-state index in [0.29, 0.717) is 29.4 Å². The smallest absolute Gasteiger partial charge is 0.286 e. The number of aryl methyl sites for hydroxylation is 1. The minimum atomic E-state index is -3.77. The van der Waals surface area contributed by atoms with Crippen LogP contribution in [-0.4, -0.2) is 21.4 Å². The average molecular weight is 408 g/mol. The number of nitrogens with one attached hydrogen (secondary N) is 1. The highest BCUT2D eigenvalue weighted by Gasteiger charge is 2.25. The first kappa shape index (κ1) is 19.0. The van der Waals surface area contributed by atoms with E-state index in [-0.39, 0.29) is 10.7 Å². The fourth-order valence-corrected chi connectivity index (χ4v) is 4.16. The van der Waals surface area contributed by atoms with Gasteiger partial charge in [-0.1, -0.05) is 42.0 Å². The van der Waals surface area contributed by atoms with E-state index in [1.807, 2.05) is 31.2 Å². The first-order valence-electron chi connectivity index (χ1n) is 9.04. The molecule has 0 spiro atoms. The van der Waals surface area contributed by atoms with Crippen LogP contribution in [0.15, 0.2) is 76.0 Å². The van der Waals surface area contributed by atoms with Crippen LogP contribution in [0.2, 0.25) is 0 Å². The Hall–Kier alpha value is -3.32. The first-order valence-corrected chi connectivity index (χ1v) is 10.5. The molecule has 1 aliphatic rings. The summed E-state index contributed by atoms with van der Waals surface area (Å²) in [6.45, 7) is 2.43. The van der Waals surface area contributed by atoms with E-state index in [9.17, 15) is 8.42 Å². The number of methoxy groups -OCH3 is 1. The van der Waals surface area contributed by atoms with E-state index < -0.39 is 10.0 Å². The largest absolute Gasteiger partial charge is 0.493 e. The van der Waals surface area contributed by atoms with Crippen LogP contribution in [-0.2, 0) is 16.6 Å². The predicted octanol–water partition coefficient (Wildman–Crippen LogP) is 4.14. The summed E-state index contributed by atoms with van der Waals surface area (Å²) in [5, 5.41) is 3.08. The van der Waals surface area contributed by atoms with Crippen molar-refractivity contribution in [1.29, 1.82) is 0 Å². The van der Waals surface area contributed by atoms with Crippen molar-refractivity contribution in [2.75, 3.05) is 12.4 Å². The maximum Gasteiger partial charge on any atom is 0.286 e. The minimum Gasteiger partial charge on any atom is -0.493 e. The summed E-state index contributed by atoms with van der Waals surface area (Å²) in [7, 11) is -2.22. The van der Waals surface area contributed by atoms with Crippen LogP contribution in [0.1, 0.15) is 16.7 Å². The number of hydrogen-bond acceptors (Lipinski definition) is 5. The molecular formula is C22H20N2O4S. The van der Waals surface area contributed by atoms with Gasteiger partial charge in [-0.05, 0) is 42.8 Å². The molecule has 0 fully saturated rings. The van der Waals surface area contributed by atoms with E-state index in [0.717, 1.165) is 5.56 Å². The monoisotopic (exact) mass is 408 g/mol. The van der Waals surface area contributed by atoms with Crippen LogP contribution in [0.5, 0.6) is 11.5 Å². The molecule has 1 heterocycles. The summed E-state index contributed by atoms with van der Waals surface area (Å²) < 4.78 is 40.2. The molecule has 6 nitrogen and oxygen atoms in total. The van der Waals surface area contributed by atoms with Gasteiger partial charge >= 0.3 is 0 Å². The molecule has 148 valence electrons. The van der Waals surface area contributed by atoms with Crippen molar-refractivity contribution in [3.8, 4) is 11.5 Å². The van der Waals surface area contributed by atoms with Gasteiger partial charge in [-0.2, -0.15) is 8.42 Å². The fraction of sp³-hybridized carbons (Fsp3) is 0.136. The number of benzene rings is 3. The molecule has 0 radical (unpaired) electrons. The number of nitrogens with zero attached hydrogens (tertiary/aromatic N) is 1. The molecule has 0 aromatic heterocycles. The maximum atomic E-state index is 12.5. The van der Waals surface area contributed by atoms with Crippen molar-refractivity contribution in [2.24, 2.45) is 4.40 Å². The van der Waals surface area contributed by atoms with Gasteiger partial charge in [0.05, 0.1) is 12.8 Å². The molecule has 0 aliphatic carbocycles. The van der Waals surface area contributed by atoms with Gasteiger partial charge in [-0.3, -0.25) is 0 Å². The average Bonchev–Trinajstić information content (AvgIpc) is 2.73. The van der Waals surface area contributed by atoms with Gasteiger partial charge < -0.3 is 14.8 Å². The lowest BCUT2D eigenvalue weighted by molar-refractivity contribution is 0.284. The predicted molar refractivity (Wildman–Crippen MR) is 112 cm³/mol. The normalized spacial score (nSPS) is 14.3. The second kappa shape index (κ2) is 7.60. The lowest BCUT2D eigenvalue weighted by Crippen LogP contribution is -2.22. The summed E-state index contributed by atoms with van der Waals surface area (Å²) in [6.07, 6.45) is 0. The van der Waals surface area contributed by atoms with E-state index >= 15 is 0 Å². The molecule has 0 saturated heterocycles. The molecule has 3 aromatic rings. The molecular weight excluding hydrogens is 388 g/mol. The molecule has 0 amide bonds. The van der Waals surface area contributed by atoms with Crippen LogP contribution < -0.4 is 14.8 Å². The topological polar surface area (TPSA) is 77.0 Å². The third-order valence-corrected chi connectivity index (χ3v) is 5.92. The molecule has 0 saturated carbocycles. The van der Waals surface area contributed by atoms with Crippen molar-refractivity contribution >= 4 is 21.5 Å². The van der Waals surface area contributed by atoms with E-state index in [2.05, 4.69) is 9.71 Å². The Kier molecular flexibility index (Phi) is 4.98. The second-order valence-electron chi connectivity index (χ2n) is 6.68. The number of ether oxygens (including phenoxy) is 2.